The molecule has 0 saturated carbocycles. The zero-order chi connectivity index (χ0) is 15.8. The highest BCUT2D eigenvalue weighted by Crippen LogP contribution is 2.14. The van der Waals surface area contributed by atoms with Crippen molar-refractivity contribution in [3.8, 4) is 11.8 Å². The van der Waals surface area contributed by atoms with Crippen LogP contribution in [0.5, 0.6) is 5.75 Å². The summed E-state index contributed by atoms with van der Waals surface area (Å²) in [5.74, 6) is 0.127. The van der Waals surface area contributed by atoms with Gasteiger partial charge in [0.1, 0.15) is 24.6 Å². The second-order valence-corrected chi connectivity index (χ2v) is 4.67. The summed E-state index contributed by atoms with van der Waals surface area (Å²) in [5, 5.41) is 11.0. The van der Waals surface area contributed by atoms with Crippen molar-refractivity contribution in [2.75, 3.05) is 0 Å². The number of nitrogens with zero attached hydrogens (tertiary/aromatic N) is 1. The molecule has 1 N–H and O–H groups in total. The maximum absolute atomic E-state index is 12.8. The lowest BCUT2D eigenvalue weighted by molar-refractivity contribution is -0.120. The molecule has 112 valence electrons. The molecule has 0 bridgehead atoms. The van der Waals surface area contributed by atoms with E-state index >= 15 is 0 Å². The van der Waals surface area contributed by atoms with Gasteiger partial charge in [-0.05, 0) is 35.4 Å². The molecule has 0 heterocycles. The first kappa shape index (κ1) is 15.5. The van der Waals surface area contributed by atoms with Crippen LogP contribution in [0.15, 0.2) is 48.5 Å². The second kappa shape index (κ2) is 7.79. The van der Waals surface area contributed by atoms with Gasteiger partial charge in [-0.3, -0.25) is 4.79 Å². The zero-order valence-electron chi connectivity index (χ0n) is 11.9. The number of benzene rings is 2. The van der Waals surface area contributed by atoms with Crippen molar-refractivity contribution >= 4 is 5.91 Å². The number of rotatable bonds is 6. The fraction of sp³-hybridized carbons (Fsp3) is 0.176. The van der Waals surface area contributed by atoms with Crippen molar-refractivity contribution in [3.05, 3.63) is 65.5 Å². The van der Waals surface area contributed by atoms with E-state index in [2.05, 4.69) is 5.32 Å². The standard InChI is InChI=1S/C17H15FN2O2/c18-15-5-1-14(2-6-15)12-22-16-7-3-13(4-8-16)11-20-17(21)9-10-19/h1-8H,9,11-12H2,(H,20,21). The van der Waals surface area contributed by atoms with E-state index in [0.717, 1.165) is 11.1 Å². The molecule has 0 atom stereocenters. The lowest BCUT2D eigenvalue weighted by atomic mass is 10.2. The normalized spacial score (nSPS) is 9.82. The largest absolute Gasteiger partial charge is 0.489 e. The van der Waals surface area contributed by atoms with Crippen molar-refractivity contribution < 1.29 is 13.9 Å². The van der Waals surface area contributed by atoms with Crippen LogP contribution >= 0.6 is 0 Å². The molecule has 2 rings (SSSR count). The first-order valence-electron chi connectivity index (χ1n) is 6.77. The SMILES string of the molecule is N#CCC(=O)NCc1ccc(OCc2ccc(F)cc2)cc1. The molecule has 0 unspecified atom stereocenters. The Morgan fingerprint density at radius 1 is 1.09 bits per heavy atom. The van der Waals surface area contributed by atoms with Crippen molar-refractivity contribution in [3.63, 3.8) is 0 Å². The first-order valence-corrected chi connectivity index (χ1v) is 6.77. The Balaban J connectivity index is 1.82. The molecule has 0 aliphatic carbocycles. The summed E-state index contributed by atoms with van der Waals surface area (Å²) >= 11 is 0. The highest BCUT2D eigenvalue weighted by Gasteiger charge is 2.01. The van der Waals surface area contributed by atoms with Gasteiger partial charge in [0.25, 0.3) is 0 Å². The number of amides is 1. The molecule has 0 aromatic heterocycles. The van der Waals surface area contributed by atoms with Gasteiger partial charge in [0.15, 0.2) is 0 Å². The Hall–Kier alpha value is -2.87. The molecule has 4 nitrogen and oxygen atoms in total. The quantitative estimate of drug-likeness (QED) is 0.892. The molecule has 0 spiro atoms. The van der Waals surface area contributed by atoms with Crippen LogP contribution in [-0.4, -0.2) is 5.91 Å². The minimum Gasteiger partial charge on any atom is -0.489 e. The lowest BCUT2D eigenvalue weighted by Gasteiger charge is -2.08. The van der Waals surface area contributed by atoms with Gasteiger partial charge >= 0.3 is 0 Å². The summed E-state index contributed by atoms with van der Waals surface area (Å²) < 4.78 is 18.4. The van der Waals surface area contributed by atoms with E-state index in [4.69, 9.17) is 10.00 Å². The van der Waals surface area contributed by atoms with E-state index in [1.54, 1.807) is 30.3 Å². The van der Waals surface area contributed by atoms with Gasteiger partial charge in [-0.1, -0.05) is 24.3 Å². The second-order valence-electron chi connectivity index (χ2n) is 4.67. The van der Waals surface area contributed by atoms with Crippen LogP contribution in [0, 0.1) is 17.1 Å². The molecule has 5 heteroatoms. The topological polar surface area (TPSA) is 62.1 Å². The van der Waals surface area contributed by atoms with Gasteiger partial charge < -0.3 is 10.1 Å². The lowest BCUT2D eigenvalue weighted by Crippen LogP contribution is -2.21. The number of ether oxygens (including phenoxy) is 1. The molecular weight excluding hydrogens is 283 g/mol. The van der Waals surface area contributed by atoms with E-state index in [1.807, 2.05) is 12.1 Å². The third-order valence-corrected chi connectivity index (χ3v) is 2.97. The number of nitriles is 1. The van der Waals surface area contributed by atoms with Crippen LogP contribution in [0.2, 0.25) is 0 Å². The minimum atomic E-state index is -0.292. The summed E-state index contributed by atoms with van der Waals surface area (Å²) in [6.07, 6.45) is -0.140. The summed E-state index contributed by atoms with van der Waals surface area (Å²) in [6.45, 7) is 0.733. The Labute approximate surface area is 128 Å². The summed E-state index contributed by atoms with van der Waals surface area (Å²) in [4.78, 5) is 11.2. The third-order valence-electron chi connectivity index (χ3n) is 2.97. The van der Waals surface area contributed by atoms with Gasteiger partial charge in [-0.15, -0.1) is 0 Å². The average molecular weight is 298 g/mol. The van der Waals surface area contributed by atoms with Gasteiger partial charge in [0.05, 0.1) is 6.07 Å². The average Bonchev–Trinajstić information content (AvgIpc) is 2.54. The predicted molar refractivity (Wildman–Crippen MR) is 79.3 cm³/mol. The molecule has 0 aliphatic rings. The molecule has 22 heavy (non-hydrogen) atoms. The van der Waals surface area contributed by atoms with Gasteiger partial charge in [0.2, 0.25) is 5.91 Å². The molecule has 0 aliphatic heterocycles. The fourth-order valence-electron chi connectivity index (χ4n) is 1.79. The van der Waals surface area contributed by atoms with Crippen molar-refractivity contribution in [2.24, 2.45) is 0 Å². The molecule has 2 aromatic rings. The van der Waals surface area contributed by atoms with Crippen molar-refractivity contribution in [1.82, 2.24) is 5.32 Å². The smallest absolute Gasteiger partial charge is 0.234 e. The van der Waals surface area contributed by atoms with Gasteiger partial charge in [0, 0.05) is 6.54 Å². The number of nitrogens with one attached hydrogen (secondary N) is 1. The maximum Gasteiger partial charge on any atom is 0.234 e. The maximum atomic E-state index is 12.8. The Morgan fingerprint density at radius 2 is 1.73 bits per heavy atom. The Kier molecular flexibility index (Phi) is 5.50. The van der Waals surface area contributed by atoms with Crippen LogP contribution in [0.4, 0.5) is 4.39 Å². The predicted octanol–water partition coefficient (Wildman–Crippen LogP) is 2.93. The Bertz CT molecular complexity index is 661. The van der Waals surface area contributed by atoms with Crippen LogP contribution in [0.25, 0.3) is 0 Å². The minimum absolute atomic E-state index is 0.140. The van der Waals surface area contributed by atoms with Crippen LogP contribution in [0.1, 0.15) is 17.5 Å². The zero-order valence-corrected chi connectivity index (χ0v) is 11.9. The number of hydrogen-bond acceptors (Lipinski definition) is 3. The number of halogens is 1. The number of hydrogen-bond donors (Lipinski definition) is 1. The highest BCUT2D eigenvalue weighted by atomic mass is 19.1. The van der Waals surface area contributed by atoms with Crippen LogP contribution < -0.4 is 10.1 Å². The molecule has 0 saturated heterocycles. The van der Waals surface area contributed by atoms with E-state index in [0.29, 0.717) is 18.9 Å². The van der Waals surface area contributed by atoms with E-state index in [1.165, 1.54) is 12.1 Å². The first-order chi connectivity index (χ1) is 10.7. The Morgan fingerprint density at radius 3 is 2.36 bits per heavy atom. The molecule has 0 fully saturated rings. The number of carbonyl (C=O) groups is 1. The van der Waals surface area contributed by atoms with Crippen molar-refractivity contribution in [2.45, 2.75) is 19.6 Å². The van der Waals surface area contributed by atoms with E-state index in [9.17, 15) is 9.18 Å². The highest BCUT2D eigenvalue weighted by molar-refractivity contribution is 5.77. The molecule has 2 aromatic carbocycles. The van der Waals surface area contributed by atoms with Crippen LogP contribution in [-0.2, 0) is 17.9 Å². The molecule has 1 amide bonds. The number of carbonyl (C=O) groups excluding carboxylic acids is 1. The van der Waals surface area contributed by atoms with E-state index in [-0.39, 0.29) is 18.1 Å². The van der Waals surface area contributed by atoms with Gasteiger partial charge in [-0.25, -0.2) is 4.39 Å². The molecular formula is C17H15FN2O2. The van der Waals surface area contributed by atoms with E-state index < -0.39 is 0 Å². The third kappa shape index (κ3) is 4.91. The molecule has 0 radical (unpaired) electrons. The van der Waals surface area contributed by atoms with Crippen molar-refractivity contribution in [1.29, 1.82) is 5.26 Å². The summed E-state index contributed by atoms with van der Waals surface area (Å²) in [6, 6.07) is 15.2. The monoisotopic (exact) mass is 298 g/mol. The fourth-order valence-corrected chi connectivity index (χ4v) is 1.79. The summed E-state index contributed by atoms with van der Waals surface area (Å²) in [7, 11) is 0. The summed E-state index contributed by atoms with van der Waals surface area (Å²) in [5.41, 5.74) is 1.80. The van der Waals surface area contributed by atoms with Crippen LogP contribution in [0.3, 0.4) is 0 Å². The van der Waals surface area contributed by atoms with Gasteiger partial charge in [-0.2, -0.15) is 5.26 Å².